The molecule has 1 aromatic rings. The lowest BCUT2D eigenvalue weighted by molar-refractivity contribution is -0.138. The van der Waals surface area contributed by atoms with Gasteiger partial charge in [0.05, 0.1) is 6.21 Å². The summed E-state index contributed by atoms with van der Waals surface area (Å²) in [7, 11) is 0. The van der Waals surface area contributed by atoms with Crippen LogP contribution in [0.25, 0.3) is 0 Å². The maximum absolute atomic E-state index is 10.6. The van der Waals surface area contributed by atoms with Crippen LogP contribution in [0.5, 0.6) is 0 Å². The van der Waals surface area contributed by atoms with E-state index in [9.17, 15) is 4.79 Å². The SMILES string of the molecule is CC(C)N/N=C/c1ccc(CC(N)C(=O)O)cc1. The number of benzene rings is 1. The molecule has 0 aliphatic carbocycles. The van der Waals surface area contributed by atoms with Crippen molar-refractivity contribution in [2.45, 2.75) is 32.4 Å². The summed E-state index contributed by atoms with van der Waals surface area (Å²) >= 11 is 0. The summed E-state index contributed by atoms with van der Waals surface area (Å²) in [6.45, 7) is 4.02. The van der Waals surface area contributed by atoms with Gasteiger partial charge in [-0.3, -0.25) is 4.79 Å². The molecule has 5 nitrogen and oxygen atoms in total. The number of rotatable bonds is 6. The molecule has 1 aromatic carbocycles. The van der Waals surface area contributed by atoms with Gasteiger partial charge < -0.3 is 16.3 Å². The van der Waals surface area contributed by atoms with Gasteiger partial charge in [0.2, 0.25) is 0 Å². The molecule has 0 fully saturated rings. The molecule has 1 atom stereocenters. The molecule has 4 N–H and O–H groups in total. The number of carboxylic acids is 1. The van der Waals surface area contributed by atoms with E-state index >= 15 is 0 Å². The number of nitrogens with zero attached hydrogens (tertiary/aromatic N) is 1. The predicted octanol–water partition coefficient (Wildman–Crippen LogP) is 0.973. The number of hydrogen-bond donors (Lipinski definition) is 3. The van der Waals surface area contributed by atoms with Crippen LogP contribution >= 0.6 is 0 Å². The minimum absolute atomic E-state index is 0.300. The van der Waals surface area contributed by atoms with Crippen molar-refractivity contribution >= 4 is 12.2 Å². The van der Waals surface area contributed by atoms with Gasteiger partial charge in [0, 0.05) is 6.04 Å². The van der Waals surface area contributed by atoms with Crippen molar-refractivity contribution in [1.82, 2.24) is 5.43 Å². The van der Waals surface area contributed by atoms with E-state index in [1.807, 2.05) is 38.1 Å². The van der Waals surface area contributed by atoms with Gasteiger partial charge >= 0.3 is 5.97 Å². The van der Waals surface area contributed by atoms with Crippen molar-refractivity contribution in [1.29, 1.82) is 0 Å². The molecule has 0 spiro atoms. The van der Waals surface area contributed by atoms with E-state index in [1.165, 1.54) is 0 Å². The average Bonchev–Trinajstić information content (AvgIpc) is 2.30. The Balaban J connectivity index is 2.57. The Bertz CT molecular complexity index is 413. The van der Waals surface area contributed by atoms with E-state index in [-0.39, 0.29) is 0 Å². The third-order valence-corrected chi connectivity index (χ3v) is 2.30. The van der Waals surface area contributed by atoms with Crippen molar-refractivity contribution in [3.8, 4) is 0 Å². The van der Waals surface area contributed by atoms with E-state index < -0.39 is 12.0 Å². The molecule has 0 radical (unpaired) electrons. The molecular weight excluding hydrogens is 230 g/mol. The van der Waals surface area contributed by atoms with E-state index in [2.05, 4.69) is 10.5 Å². The molecular formula is C13H19N3O2. The molecule has 0 bridgehead atoms. The van der Waals surface area contributed by atoms with Gasteiger partial charge in [0.1, 0.15) is 6.04 Å². The summed E-state index contributed by atoms with van der Waals surface area (Å²) in [6, 6.07) is 6.94. The molecule has 1 unspecified atom stereocenters. The zero-order valence-corrected chi connectivity index (χ0v) is 10.6. The second-order valence-corrected chi connectivity index (χ2v) is 4.43. The minimum Gasteiger partial charge on any atom is -0.480 e. The topological polar surface area (TPSA) is 87.7 Å². The molecule has 18 heavy (non-hydrogen) atoms. The van der Waals surface area contributed by atoms with Gasteiger partial charge in [0.15, 0.2) is 0 Å². The largest absolute Gasteiger partial charge is 0.480 e. The van der Waals surface area contributed by atoms with Gasteiger partial charge in [-0.25, -0.2) is 0 Å². The van der Waals surface area contributed by atoms with Crippen molar-refractivity contribution in [3.63, 3.8) is 0 Å². The van der Waals surface area contributed by atoms with E-state index in [0.29, 0.717) is 12.5 Å². The van der Waals surface area contributed by atoms with E-state index in [0.717, 1.165) is 11.1 Å². The van der Waals surface area contributed by atoms with Crippen molar-refractivity contribution in [3.05, 3.63) is 35.4 Å². The monoisotopic (exact) mass is 249 g/mol. The van der Waals surface area contributed by atoms with Crippen LogP contribution in [0.3, 0.4) is 0 Å². The zero-order valence-electron chi connectivity index (χ0n) is 10.6. The molecule has 0 saturated carbocycles. The van der Waals surface area contributed by atoms with Crippen LogP contribution in [0.2, 0.25) is 0 Å². The van der Waals surface area contributed by atoms with Gasteiger partial charge in [-0.2, -0.15) is 5.10 Å². The molecule has 0 amide bonds. The number of carbonyl (C=O) groups is 1. The minimum atomic E-state index is -0.984. The highest BCUT2D eigenvalue weighted by Crippen LogP contribution is 2.05. The molecule has 0 aliphatic heterocycles. The van der Waals surface area contributed by atoms with Crippen LogP contribution < -0.4 is 11.2 Å². The Morgan fingerprint density at radius 2 is 2.06 bits per heavy atom. The fourth-order valence-corrected chi connectivity index (χ4v) is 1.34. The average molecular weight is 249 g/mol. The van der Waals surface area contributed by atoms with Crippen LogP contribution in [-0.4, -0.2) is 29.4 Å². The van der Waals surface area contributed by atoms with E-state index in [1.54, 1.807) is 6.21 Å². The highest BCUT2D eigenvalue weighted by atomic mass is 16.4. The Morgan fingerprint density at radius 1 is 1.44 bits per heavy atom. The first-order valence-electron chi connectivity index (χ1n) is 5.85. The number of hydrazone groups is 1. The summed E-state index contributed by atoms with van der Waals surface area (Å²) in [4.78, 5) is 10.6. The Morgan fingerprint density at radius 3 is 2.56 bits per heavy atom. The summed E-state index contributed by atoms with van der Waals surface area (Å²) in [6.07, 6.45) is 2.05. The van der Waals surface area contributed by atoms with Crippen LogP contribution in [0.15, 0.2) is 29.4 Å². The lowest BCUT2D eigenvalue weighted by atomic mass is 10.1. The first-order chi connectivity index (χ1) is 8.49. The highest BCUT2D eigenvalue weighted by Gasteiger charge is 2.11. The summed E-state index contributed by atoms with van der Waals surface area (Å²) in [5.74, 6) is -0.984. The fraction of sp³-hybridized carbons (Fsp3) is 0.385. The van der Waals surface area contributed by atoms with E-state index in [4.69, 9.17) is 10.8 Å². The second-order valence-electron chi connectivity index (χ2n) is 4.43. The van der Waals surface area contributed by atoms with Gasteiger partial charge in [-0.05, 0) is 31.4 Å². The van der Waals surface area contributed by atoms with Crippen LogP contribution in [0, 0.1) is 0 Å². The predicted molar refractivity (Wildman–Crippen MR) is 71.6 cm³/mol. The smallest absolute Gasteiger partial charge is 0.320 e. The number of aliphatic carboxylic acids is 1. The maximum atomic E-state index is 10.6. The summed E-state index contributed by atoms with van der Waals surface area (Å²) < 4.78 is 0. The van der Waals surface area contributed by atoms with Gasteiger partial charge in [-0.1, -0.05) is 24.3 Å². The van der Waals surface area contributed by atoms with Crippen molar-refractivity contribution in [2.24, 2.45) is 10.8 Å². The first-order valence-corrected chi connectivity index (χ1v) is 5.85. The molecule has 0 aromatic heterocycles. The molecule has 0 heterocycles. The van der Waals surface area contributed by atoms with Gasteiger partial charge in [-0.15, -0.1) is 0 Å². The Hall–Kier alpha value is -1.88. The highest BCUT2D eigenvalue weighted by molar-refractivity contribution is 5.79. The standard InChI is InChI=1S/C13H19N3O2/c1-9(2)16-15-8-11-5-3-10(4-6-11)7-12(14)13(17)18/h3-6,8-9,12,16H,7,14H2,1-2H3,(H,17,18)/b15-8+. The molecule has 5 heteroatoms. The Labute approximate surface area is 107 Å². The van der Waals surface area contributed by atoms with Crippen LogP contribution in [0.1, 0.15) is 25.0 Å². The number of hydrogen-bond acceptors (Lipinski definition) is 4. The van der Waals surface area contributed by atoms with Crippen molar-refractivity contribution in [2.75, 3.05) is 0 Å². The first kappa shape index (κ1) is 14.2. The molecule has 0 saturated heterocycles. The van der Waals surface area contributed by atoms with Crippen molar-refractivity contribution < 1.29 is 9.90 Å². The lowest BCUT2D eigenvalue weighted by Crippen LogP contribution is -2.32. The number of nitrogens with one attached hydrogen (secondary N) is 1. The van der Waals surface area contributed by atoms with Crippen LogP contribution in [0.4, 0.5) is 0 Å². The molecule has 1 rings (SSSR count). The number of carboxylic acid groups (broad SMARTS) is 1. The molecule has 0 aliphatic rings. The fourth-order valence-electron chi connectivity index (χ4n) is 1.34. The maximum Gasteiger partial charge on any atom is 0.320 e. The zero-order chi connectivity index (χ0) is 13.5. The summed E-state index contributed by atoms with van der Waals surface area (Å²) in [5.41, 5.74) is 10.2. The van der Waals surface area contributed by atoms with Gasteiger partial charge in [0.25, 0.3) is 0 Å². The quantitative estimate of drug-likeness (QED) is 0.518. The Kier molecular flexibility index (Phi) is 5.32. The third kappa shape index (κ3) is 4.97. The number of nitrogens with two attached hydrogens (primary N) is 1. The lowest BCUT2D eigenvalue weighted by Gasteiger charge is -2.06. The second kappa shape index (κ2) is 6.76. The summed E-state index contributed by atoms with van der Waals surface area (Å²) in [5, 5.41) is 12.8. The third-order valence-electron chi connectivity index (χ3n) is 2.30. The normalized spacial score (nSPS) is 12.9. The van der Waals surface area contributed by atoms with Crippen LogP contribution in [-0.2, 0) is 11.2 Å². The molecule has 98 valence electrons.